The molecule has 0 atom stereocenters. The summed E-state index contributed by atoms with van der Waals surface area (Å²) in [4.78, 5) is 0. The van der Waals surface area contributed by atoms with Gasteiger partial charge >= 0.3 is 0 Å². The number of nitrogens with two attached hydrogens (primary N) is 1. The van der Waals surface area contributed by atoms with Crippen molar-refractivity contribution >= 4 is 27.3 Å². The molecular weight excluding hydrogens is 222 g/mol. The molecule has 60 valence electrons. The van der Waals surface area contributed by atoms with Gasteiger partial charge in [-0.2, -0.15) is 0 Å². The van der Waals surface area contributed by atoms with Gasteiger partial charge in [-0.1, -0.05) is 0 Å². The van der Waals surface area contributed by atoms with Gasteiger partial charge in [0.2, 0.25) is 0 Å². The average molecular weight is 232 g/mol. The number of halogens is 1. The normalized spacial score (nSPS) is 21.3. The molecule has 0 aromatic carbocycles. The van der Waals surface area contributed by atoms with Gasteiger partial charge in [0, 0.05) is 5.54 Å². The third-order valence-electron chi connectivity index (χ3n) is 2.40. The summed E-state index contributed by atoms with van der Waals surface area (Å²) in [5.41, 5.74) is 7.44. The highest BCUT2D eigenvalue weighted by Crippen LogP contribution is 2.43. The standard InChI is InChI=1S/C8H10BrNS/c9-7-6(2-5-11-7)8(10)3-1-4-8/h2,5H,1,3-4,10H2. The van der Waals surface area contributed by atoms with E-state index in [-0.39, 0.29) is 5.54 Å². The van der Waals surface area contributed by atoms with Gasteiger partial charge < -0.3 is 5.73 Å². The highest BCUT2D eigenvalue weighted by molar-refractivity contribution is 9.11. The van der Waals surface area contributed by atoms with Gasteiger partial charge in [0.05, 0.1) is 3.79 Å². The van der Waals surface area contributed by atoms with Crippen molar-refractivity contribution in [3.63, 3.8) is 0 Å². The van der Waals surface area contributed by atoms with Crippen molar-refractivity contribution in [2.75, 3.05) is 0 Å². The van der Waals surface area contributed by atoms with Crippen LogP contribution in [0.2, 0.25) is 0 Å². The van der Waals surface area contributed by atoms with Crippen LogP contribution < -0.4 is 5.73 Å². The zero-order chi connectivity index (χ0) is 7.90. The van der Waals surface area contributed by atoms with Crippen molar-refractivity contribution < 1.29 is 0 Å². The molecule has 0 aliphatic heterocycles. The molecule has 2 N–H and O–H groups in total. The lowest BCUT2D eigenvalue weighted by molar-refractivity contribution is 0.253. The van der Waals surface area contributed by atoms with Gasteiger partial charge in [0.25, 0.3) is 0 Å². The molecule has 2 rings (SSSR count). The first-order valence-corrected chi connectivity index (χ1v) is 5.42. The first-order valence-electron chi connectivity index (χ1n) is 3.75. The SMILES string of the molecule is NC1(c2ccsc2Br)CCC1. The number of rotatable bonds is 1. The molecule has 0 saturated heterocycles. The molecule has 11 heavy (non-hydrogen) atoms. The van der Waals surface area contributed by atoms with Crippen molar-refractivity contribution in [1.82, 2.24) is 0 Å². The van der Waals surface area contributed by atoms with Gasteiger partial charge in [0.15, 0.2) is 0 Å². The molecule has 0 unspecified atom stereocenters. The second kappa shape index (κ2) is 2.57. The van der Waals surface area contributed by atoms with Crippen molar-refractivity contribution in [2.24, 2.45) is 5.73 Å². The molecule has 0 bridgehead atoms. The molecule has 1 saturated carbocycles. The lowest BCUT2D eigenvalue weighted by atomic mass is 9.74. The minimum Gasteiger partial charge on any atom is -0.321 e. The molecule has 1 fully saturated rings. The number of hydrogen-bond donors (Lipinski definition) is 1. The van der Waals surface area contributed by atoms with Crippen LogP contribution >= 0.6 is 27.3 Å². The zero-order valence-electron chi connectivity index (χ0n) is 6.14. The van der Waals surface area contributed by atoms with E-state index in [1.807, 2.05) is 0 Å². The summed E-state index contributed by atoms with van der Waals surface area (Å²) in [5.74, 6) is 0. The van der Waals surface area contributed by atoms with Crippen LogP contribution in [0.1, 0.15) is 24.8 Å². The lowest BCUT2D eigenvalue weighted by Crippen LogP contribution is -2.43. The van der Waals surface area contributed by atoms with Gasteiger partial charge in [-0.05, 0) is 52.2 Å². The Balaban J connectivity index is 2.35. The molecule has 1 aromatic heterocycles. The maximum absolute atomic E-state index is 6.15. The van der Waals surface area contributed by atoms with Crippen LogP contribution in [0.4, 0.5) is 0 Å². The van der Waals surface area contributed by atoms with Gasteiger partial charge in [-0.15, -0.1) is 11.3 Å². The van der Waals surface area contributed by atoms with E-state index >= 15 is 0 Å². The Morgan fingerprint density at radius 2 is 2.27 bits per heavy atom. The summed E-state index contributed by atoms with van der Waals surface area (Å²) in [6.45, 7) is 0. The molecule has 3 heteroatoms. The predicted molar refractivity (Wildman–Crippen MR) is 51.7 cm³/mol. The van der Waals surface area contributed by atoms with E-state index < -0.39 is 0 Å². The second-order valence-electron chi connectivity index (χ2n) is 3.12. The van der Waals surface area contributed by atoms with E-state index in [0.29, 0.717) is 0 Å². The summed E-state index contributed by atoms with van der Waals surface area (Å²) in [6.07, 6.45) is 3.56. The van der Waals surface area contributed by atoms with Gasteiger partial charge in [0.1, 0.15) is 0 Å². The monoisotopic (exact) mass is 231 g/mol. The average Bonchev–Trinajstić information content (AvgIpc) is 2.30. The Morgan fingerprint density at radius 1 is 1.55 bits per heavy atom. The minimum atomic E-state index is -0.00116. The summed E-state index contributed by atoms with van der Waals surface area (Å²) in [5, 5.41) is 2.09. The maximum atomic E-state index is 6.15. The second-order valence-corrected chi connectivity index (χ2v) is 5.35. The number of hydrogen-bond acceptors (Lipinski definition) is 2. The molecule has 0 radical (unpaired) electrons. The smallest absolute Gasteiger partial charge is 0.0748 e. The summed E-state index contributed by atoms with van der Waals surface area (Å²) < 4.78 is 1.21. The van der Waals surface area contributed by atoms with Crippen LogP contribution in [-0.4, -0.2) is 0 Å². The fraction of sp³-hybridized carbons (Fsp3) is 0.500. The van der Waals surface area contributed by atoms with Crippen molar-refractivity contribution in [1.29, 1.82) is 0 Å². The van der Waals surface area contributed by atoms with E-state index in [9.17, 15) is 0 Å². The molecular formula is C8H10BrNS. The summed E-state index contributed by atoms with van der Waals surface area (Å²) >= 11 is 5.23. The quantitative estimate of drug-likeness (QED) is 0.791. The van der Waals surface area contributed by atoms with Crippen molar-refractivity contribution in [3.8, 4) is 0 Å². The largest absolute Gasteiger partial charge is 0.321 e. The first kappa shape index (κ1) is 7.77. The molecule has 1 nitrogen and oxygen atoms in total. The first-order chi connectivity index (χ1) is 5.22. The topological polar surface area (TPSA) is 26.0 Å². The Hall–Kier alpha value is 0.140. The predicted octanol–water partition coefficient (Wildman–Crippen LogP) is 2.85. The van der Waals surface area contributed by atoms with Crippen molar-refractivity contribution in [2.45, 2.75) is 24.8 Å². The summed E-state index contributed by atoms with van der Waals surface area (Å²) in [7, 11) is 0. The highest BCUT2D eigenvalue weighted by Gasteiger charge is 2.36. The molecule has 1 aliphatic rings. The van der Waals surface area contributed by atoms with Gasteiger partial charge in [-0.3, -0.25) is 0 Å². The van der Waals surface area contributed by atoms with E-state index in [4.69, 9.17) is 5.73 Å². The fourth-order valence-corrected chi connectivity index (χ4v) is 3.05. The number of thiophene rings is 1. The Labute approximate surface area is 78.7 Å². The Bertz CT molecular complexity index is 265. The third kappa shape index (κ3) is 1.15. The maximum Gasteiger partial charge on any atom is 0.0748 e. The van der Waals surface area contributed by atoms with E-state index in [1.165, 1.54) is 15.8 Å². The fourth-order valence-electron chi connectivity index (χ4n) is 1.48. The molecule has 0 spiro atoms. The Morgan fingerprint density at radius 3 is 2.64 bits per heavy atom. The van der Waals surface area contributed by atoms with Crippen LogP contribution in [-0.2, 0) is 5.54 Å². The Kier molecular flexibility index (Phi) is 1.82. The van der Waals surface area contributed by atoms with Crippen LogP contribution in [0.15, 0.2) is 15.2 Å². The van der Waals surface area contributed by atoms with Crippen LogP contribution in [0.5, 0.6) is 0 Å². The van der Waals surface area contributed by atoms with Crippen LogP contribution in [0.25, 0.3) is 0 Å². The molecule has 1 heterocycles. The lowest BCUT2D eigenvalue weighted by Gasteiger charge is -2.38. The zero-order valence-corrected chi connectivity index (χ0v) is 8.54. The third-order valence-corrected chi connectivity index (χ3v) is 4.09. The molecule has 0 amide bonds. The molecule has 1 aromatic rings. The minimum absolute atomic E-state index is 0.00116. The van der Waals surface area contributed by atoms with Crippen LogP contribution in [0, 0.1) is 0 Å². The van der Waals surface area contributed by atoms with Crippen molar-refractivity contribution in [3.05, 3.63) is 20.8 Å². The highest BCUT2D eigenvalue weighted by atomic mass is 79.9. The van der Waals surface area contributed by atoms with E-state index in [0.717, 1.165) is 12.8 Å². The summed E-state index contributed by atoms with van der Waals surface area (Å²) in [6, 6.07) is 2.13. The van der Waals surface area contributed by atoms with E-state index in [1.54, 1.807) is 11.3 Å². The van der Waals surface area contributed by atoms with Gasteiger partial charge in [-0.25, -0.2) is 0 Å². The molecule has 1 aliphatic carbocycles. The van der Waals surface area contributed by atoms with E-state index in [2.05, 4.69) is 27.4 Å². The van der Waals surface area contributed by atoms with Crippen LogP contribution in [0.3, 0.4) is 0 Å².